The maximum atomic E-state index is 11.7. The fourth-order valence-electron chi connectivity index (χ4n) is 2.65. The Morgan fingerprint density at radius 2 is 2.00 bits per heavy atom. The Morgan fingerprint density at radius 1 is 1.29 bits per heavy atom. The van der Waals surface area contributed by atoms with Gasteiger partial charge in [0.25, 0.3) is 0 Å². The van der Waals surface area contributed by atoms with Gasteiger partial charge in [0.1, 0.15) is 6.10 Å². The van der Waals surface area contributed by atoms with Gasteiger partial charge in [0, 0.05) is 6.42 Å². The normalized spacial score (nSPS) is 18.2. The Hall–Kier alpha value is -0.570. The molecule has 3 nitrogen and oxygen atoms in total. The summed E-state index contributed by atoms with van der Waals surface area (Å²) >= 11 is 0. The van der Waals surface area contributed by atoms with Gasteiger partial charge < -0.3 is 10.5 Å². The summed E-state index contributed by atoms with van der Waals surface area (Å²) in [5, 5.41) is 0. The highest BCUT2D eigenvalue weighted by atomic mass is 16.5. The fraction of sp³-hybridized carbons (Fsp3) is 0.929. The van der Waals surface area contributed by atoms with Crippen LogP contribution in [0.5, 0.6) is 0 Å². The number of carbonyl (C=O) groups excluding carboxylic acids is 1. The first-order valence-electron chi connectivity index (χ1n) is 7.15. The minimum absolute atomic E-state index is 0.00461. The molecule has 0 heterocycles. The van der Waals surface area contributed by atoms with E-state index < -0.39 is 0 Å². The van der Waals surface area contributed by atoms with Gasteiger partial charge in [0.2, 0.25) is 0 Å². The van der Waals surface area contributed by atoms with Crippen LogP contribution in [-0.4, -0.2) is 18.6 Å². The number of hydrogen-bond donors (Lipinski definition) is 1. The second kappa shape index (κ2) is 8.51. The highest BCUT2D eigenvalue weighted by Crippen LogP contribution is 2.22. The lowest BCUT2D eigenvalue weighted by atomic mass is 9.94. The molecule has 1 aliphatic rings. The van der Waals surface area contributed by atoms with Gasteiger partial charge in [0.15, 0.2) is 0 Å². The minimum Gasteiger partial charge on any atom is -0.462 e. The SMILES string of the molecule is CCCC(CCN)CCC(=O)OC1CCCC1. The molecule has 1 atom stereocenters. The predicted octanol–water partition coefficient (Wildman–Crippen LogP) is 3.02. The van der Waals surface area contributed by atoms with Crippen LogP contribution in [-0.2, 0) is 9.53 Å². The lowest BCUT2D eigenvalue weighted by molar-refractivity contribution is -0.149. The third-order valence-electron chi connectivity index (χ3n) is 3.63. The highest BCUT2D eigenvalue weighted by molar-refractivity contribution is 5.69. The van der Waals surface area contributed by atoms with E-state index in [1.165, 1.54) is 25.7 Å². The molecule has 0 aromatic heterocycles. The molecule has 1 rings (SSSR count). The van der Waals surface area contributed by atoms with Crippen LogP contribution in [0.15, 0.2) is 0 Å². The molecule has 0 amide bonds. The molecule has 1 unspecified atom stereocenters. The fourth-order valence-corrected chi connectivity index (χ4v) is 2.65. The van der Waals surface area contributed by atoms with E-state index in [0.29, 0.717) is 12.3 Å². The van der Waals surface area contributed by atoms with Gasteiger partial charge in [-0.15, -0.1) is 0 Å². The molecule has 0 aromatic rings. The zero-order valence-electron chi connectivity index (χ0n) is 11.1. The van der Waals surface area contributed by atoms with Crippen molar-refractivity contribution in [3.05, 3.63) is 0 Å². The minimum atomic E-state index is -0.00461. The summed E-state index contributed by atoms with van der Waals surface area (Å²) in [7, 11) is 0. The summed E-state index contributed by atoms with van der Waals surface area (Å²) in [6, 6.07) is 0. The van der Waals surface area contributed by atoms with Gasteiger partial charge in [-0.3, -0.25) is 4.79 Å². The monoisotopic (exact) mass is 241 g/mol. The van der Waals surface area contributed by atoms with Crippen LogP contribution >= 0.6 is 0 Å². The maximum absolute atomic E-state index is 11.7. The smallest absolute Gasteiger partial charge is 0.306 e. The first-order chi connectivity index (χ1) is 8.26. The van der Waals surface area contributed by atoms with E-state index in [1.807, 2.05) is 0 Å². The number of esters is 1. The van der Waals surface area contributed by atoms with E-state index in [1.54, 1.807) is 0 Å². The van der Waals surface area contributed by atoms with Crippen molar-refractivity contribution >= 4 is 5.97 Å². The Bertz CT molecular complexity index is 206. The second-order valence-corrected chi connectivity index (χ2v) is 5.17. The molecule has 0 saturated heterocycles. The van der Waals surface area contributed by atoms with Crippen LogP contribution in [0, 0.1) is 5.92 Å². The molecular weight excluding hydrogens is 214 g/mol. The number of rotatable bonds is 8. The van der Waals surface area contributed by atoms with E-state index in [9.17, 15) is 4.79 Å². The van der Waals surface area contributed by atoms with Crippen molar-refractivity contribution in [2.75, 3.05) is 6.54 Å². The molecule has 3 heteroatoms. The third kappa shape index (κ3) is 6.06. The van der Waals surface area contributed by atoms with E-state index in [-0.39, 0.29) is 12.1 Å². The first-order valence-corrected chi connectivity index (χ1v) is 7.15. The van der Waals surface area contributed by atoms with Gasteiger partial charge in [-0.1, -0.05) is 19.8 Å². The molecule has 0 spiro atoms. The quantitative estimate of drug-likeness (QED) is 0.665. The molecule has 1 saturated carbocycles. The summed E-state index contributed by atoms with van der Waals surface area (Å²) < 4.78 is 5.45. The van der Waals surface area contributed by atoms with Crippen molar-refractivity contribution in [1.29, 1.82) is 0 Å². The number of carbonyl (C=O) groups is 1. The second-order valence-electron chi connectivity index (χ2n) is 5.17. The van der Waals surface area contributed by atoms with Crippen molar-refractivity contribution in [2.24, 2.45) is 11.7 Å². The molecule has 100 valence electrons. The highest BCUT2D eigenvalue weighted by Gasteiger charge is 2.19. The Kier molecular flexibility index (Phi) is 7.25. The zero-order valence-corrected chi connectivity index (χ0v) is 11.1. The molecule has 0 bridgehead atoms. The Labute approximate surface area is 105 Å². The number of ether oxygens (including phenoxy) is 1. The Balaban J connectivity index is 2.15. The van der Waals surface area contributed by atoms with Crippen LogP contribution in [0.4, 0.5) is 0 Å². The lowest BCUT2D eigenvalue weighted by Gasteiger charge is -2.16. The van der Waals surface area contributed by atoms with Crippen LogP contribution in [0.3, 0.4) is 0 Å². The average Bonchev–Trinajstić information content (AvgIpc) is 2.79. The van der Waals surface area contributed by atoms with Crippen LogP contribution in [0.25, 0.3) is 0 Å². The molecule has 1 aliphatic carbocycles. The molecule has 17 heavy (non-hydrogen) atoms. The lowest BCUT2D eigenvalue weighted by Crippen LogP contribution is -2.16. The molecule has 0 aliphatic heterocycles. The molecule has 1 fully saturated rings. The van der Waals surface area contributed by atoms with Crippen LogP contribution < -0.4 is 5.73 Å². The average molecular weight is 241 g/mol. The van der Waals surface area contributed by atoms with Gasteiger partial charge in [-0.2, -0.15) is 0 Å². The predicted molar refractivity (Wildman–Crippen MR) is 69.7 cm³/mol. The van der Waals surface area contributed by atoms with Crippen molar-refractivity contribution in [3.8, 4) is 0 Å². The molecular formula is C14H27NO2. The maximum Gasteiger partial charge on any atom is 0.306 e. The summed E-state index contributed by atoms with van der Waals surface area (Å²) in [4.78, 5) is 11.7. The van der Waals surface area contributed by atoms with Gasteiger partial charge in [0.05, 0.1) is 0 Å². The van der Waals surface area contributed by atoms with E-state index in [0.717, 1.165) is 32.2 Å². The van der Waals surface area contributed by atoms with Crippen molar-refractivity contribution in [1.82, 2.24) is 0 Å². The van der Waals surface area contributed by atoms with E-state index >= 15 is 0 Å². The van der Waals surface area contributed by atoms with E-state index in [4.69, 9.17) is 10.5 Å². The largest absolute Gasteiger partial charge is 0.462 e. The standard InChI is InChI=1S/C14H27NO2/c1-2-5-12(10-11-15)8-9-14(16)17-13-6-3-4-7-13/h12-13H,2-11,15H2,1H3. The van der Waals surface area contributed by atoms with Crippen LogP contribution in [0.1, 0.15) is 64.7 Å². The third-order valence-corrected chi connectivity index (χ3v) is 3.63. The van der Waals surface area contributed by atoms with Gasteiger partial charge in [-0.05, 0) is 51.0 Å². The van der Waals surface area contributed by atoms with Crippen molar-refractivity contribution in [2.45, 2.75) is 70.8 Å². The topological polar surface area (TPSA) is 52.3 Å². The van der Waals surface area contributed by atoms with Gasteiger partial charge >= 0.3 is 5.97 Å². The number of hydrogen-bond acceptors (Lipinski definition) is 3. The summed E-state index contributed by atoms with van der Waals surface area (Å²) in [5.41, 5.74) is 5.58. The van der Waals surface area contributed by atoms with Crippen molar-refractivity contribution in [3.63, 3.8) is 0 Å². The number of nitrogens with two attached hydrogens (primary N) is 1. The Morgan fingerprint density at radius 3 is 2.59 bits per heavy atom. The molecule has 0 aromatic carbocycles. The summed E-state index contributed by atoms with van der Waals surface area (Å²) in [5.74, 6) is 0.594. The van der Waals surface area contributed by atoms with Gasteiger partial charge in [-0.25, -0.2) is 0 Å². The summed E-state index contributed by atoms with van der Waals surface area (Å²) in [6.07, 6.45) is 9.65. The zero-order chi connectivity index (χ0) is 12.5. The summed E-state index contributed by atoms with van der Waals surface area (Å²) in [6.45, 7) is 2.91. The molecule has 0 radical (unpaired) electrons. The molecule has 2 N–H and O–H groups in total. The van der Waals surface area contributed by atoms with Crippen LogP contribution in [0.2, 0.25) is 0 Å². The van der Waals surface area contributed by atoms with Crippen molar-refractivity contribution < 1.29 is 9.53 Å². The van der Waals surface area contributed by atoms with E-state index in [2.05, 4.69) is 6.92 Å². The first kappa shape index (κ1) is 14.5.